The number of esters is 1. The molecule has 1 aliphatic carbocycles. The van der Waals surface area contributed by atoms with Gasteiger partial charge in [-0.2, -0.15) is 0 Å². The van der Waals surface area contributed by atoms with E-state index in [4.69, 9.17) is 18.0 Å². The maximum atomic E-state index is 11.1. The molecule has 0 aromatic heterocycles. The fraction of sp³-hybridized carbons (Fsp3) is 0.786. The van der Waals surface area contributed by atoms with Gasteiger partial charge < -0.3 is 18.0 Å². The molecule has 1 saturated carbocycles. The Hall–Kier alpha value is -0.693. The standard InChI is InChI=1S/C14H26O5Si/c1-5-13(15)16-12-11-14(9-10-14)20(17-6-2,18-7-3)19-8-4/h5H,1,6-12H2,2-4H3. The third-order valence-electron chi connectivity index (χ3n) is 3.50. The normalized spacial score (nSPS) is 16.8. The zero-order chi connectivity index (χ0) is 15.1. The highest BCUT2D eigenvalue weighted by Crippen LogP contribution is 2.64. The highest BCUT2D eigenvalue weighted by Gasteiger charge is 2.67. The monoisotopic (exact) mass is 302 g/mol. The molecular weight excluding hydrogens is 276 g/mol. The molecule has 20 heavy (non-hydrogen) atoms. The van der Waals surface area contributed by atoms with Gasteiger partial charge in [-0.1, -0.05) is 6.58 Å². The molecule has 0 N–H and O–H groups in total. The molecule has 0 bridgehead atoms. The van der Waals surface area contributed by atoms with Gasteiger partial charge in [0.1, 0.15) is 0 Å². The summed E-state index contributed by atoms with van der Waals surface area (Å²) in [5.41, 5.74) is 0. The number of hydrogen-bond donors (Lipinski definition) is 0. The summed E-state index contributed by atoms with van der Waals surface area (Å²) in [6.45, 7) is 11.3. The molecule has 0 aliphatic heterocycles. The molecule has 0 saturated heterocycles. The second-order valence-electron chi connectivity index (χ2n) is 4.76. The predicted molar refractivity (Wildman–Crippen MR) is 78.3 cm³/mol. The molecule has 0 unspecified atom stereocenters. The largest absolute Gasteiger partial charge is 0.507 e. The van der Waals surface area contributed by atoms with Crippen LogP contribution in [0.4, 0.5) is 0 Å². The van der Waals surface area contributed by atoms with E-state index in [1.807, 2.05) is 20.8 Å². The van der Waals surface area contributed by atoms with Crippen molar-refractivity contribution in [1.29, 1.82) is 0 Å². The Kier molecular flexibility index (Phi) is 6.88. The Bertz CT molecular complexity index is 311. The fourth-order valence-corrected chi connectivity index (χ4v) is 5.87. The predicted octanol–water partition coefficient (Wildman–Crippen LogP) is 2.69. The van der Waals surface area contributed by atoms with Crippen LogP contribution in [-0.2, 0) is 22.8 Å². The molecule has 1 aliphatic rings. The van der Waals surface area contributed by atoms with Crippen molar-refractivity contribution in [3.8, 4) is 0 Å². The van der Waals surface area contributed by atoms with Crippen LogP contribution in [0.2, 0.25) is 5.04 Å². The first-order valence-electron chi connectivity index (χ1n) is 7.30. The molecule has 5 nitrogen and oxygen atoms in total. The Labute approximate surface area is 122 Å². The van der Waals surface area contributed by atoms with E-state index in [2.05, 4.69) is 6.58 Å². The van der Waals surface area contributed by atoms with Crippen LogP contribution in [0.5, 0.6) is 0 Å². The van der Waals surface area contributed by atoms with E-state index in [0.29, 0.717) is 26.4 Å². The van der Waals surface area contributed by atoms with Crippen molar-refractivity contribution in [2.45, 2.75) is 45.1 Å². The van der Waals surface area contributed by atoms with Crippen LogP contribution in [0, 0.1) is 0 Å². The van der Waals surface area contributed by atoms with E-state index >= 15 is 0 Å². The average Bonchev–Trinajstić information content (AvgIpc) is 3.21. The summed E-state index contributed by atoms with van der Waals surface area (Å²) < 4.78 is 23.0. The summed E-state index contributed by atoms with van der Waals surface area (Å²) in [6, 6.07) is 0. The first-order valence-corrected chi connectivity index (χ1v) is 9.03. The molecule has 1 rings (SSSR count). The van der Waals surface area contributed by atoms with Gasteiger partial charge in [-0.25, -0.2) is 4.79 Å². The maximum Gasteiger partial charge on any atom is 0.507 e. The van der Waals surface area contributed by atoms with Gasteiger partial charge in [0, 0.05) is 30.9 Å². The molecule has 0 atom stereocenters. The Morgan fingerprint density at radius 2 is 1.65 bits per heavy atom. The molecule has 0 amide bonds. The van der Waals surface area contributed by atoms with Crippen LogP contribution in [-0.4, -0.2) is 41.2 Å². The molecular formula is C14H26O5Si. The van der Waals surface area contributed by atoms with E-state index in [-0.39, 0.29) is 5.04 Å². The van der Waals surface area contributed by atoms with Crippen molar-refractivity contribution in [2.75, 3.05) is 26.4 Å². The Morgan fingerprint density at radius 1 is 1.15 bits per heavy atom. The third-order valence-corrected chi connectivity index (χ3v) is 7.55. The molecule has 0 aromatic rings. The minimum Gasteiger partial charge on any atom is -0.463 e. The van der Waals surface area contributed by atoms with Gasteiger partial charge >= 0.3 is 14.8 Å². The third kappa shape index (κ3) is 3.91. The van der Waals surface area contributed by atoms with E-state index in [1.54, 1.807) is 0 Å². The van der Waals surface area contributed by atoms with Crippen molar-refractivity contribution < 1.29 is 22.8 Å². The number of rotatable bonds is 11. The van der Waals surface area contributed by atoms with Crippen LogP contribution in [0.3, 0.4) is 0 Å². The number of ether oxygens (including phenoxy) is 1. The lowest BCUT2D eigenvalue weighted by Gasteiger charge is -2.35. The highest BCUT2D eigenvalue weighted by atomic mass is 28.4. The fourth-order valence-electron chi connectivity index (χ4n) is 2.42. The lowest BCUT2D eigenvalue weighted by Crippen LogP contribution is -2.52. The van der Waals surface area contributed by atoms with Crippen LogP contribution in [0.1, 0.15) is 40.0 Å². The first kappa shape index (κ1) is 17.4. The molecule has 116 valence electrons. The zero-order valence-electron chi connectivity index (χ0n) is 12.8. The van der Waals surface area contributed by atoms with E-state index < -0.39 is 14.8 Å². The maximum absolute atomic E-state index is 11.1. The lowest BCUT2D eigenvalue weighted by atomic mass is 10.3. The highest BCUT2D eigenvalue weighted by molar-refractivity contribution is 6.65. The summed E-state index contributed by atoms with van der Waals surface area (Å²) >= 11 is 0. The molecule has 0 radical (unpaired) electrons. The summed E-state index contributed by atoms with van der Waals surface area (Å²) in [5.74, 6) is -0.391. The molecule has 0 aromatic carbocycles. The summed E-state index contributed by atoms with van der Waals surface area (Å²) in [4.78, 5) is 11.1. The minimum absolute atomic E-state index is 0.0868. The number of carbonyl (C=O) groups is 1. The van der Waals surface area contributed by atoms with Crippen molar-refractivity contribution >= 4 is 14.8 Å². The van der Waals surface area contributed by atoms with Gasteiger partial charge in [0.05, 0.1) is 6.61 Å². The van der Waals surface area contributed by atoms with E-state index in [1.165, 1.54) is 6.08 Å². The number of carbonyl (C=O) groups excluding carboxylic acids is 1. The summed E-state index contributed by atoms with van der Waals surface area (Å²) in [7, 11) is -2.71. The van der Waals surface area contributed by atoms with Gasteiger partial charge in [-0.15, -0.1) is 0 Å². The van der Waals surface area contributed by atoms with Crippen LogP contribution in [0.15, 0.2) is 12.7 Å². The Balaban J connectivity index is 2.71. The van der Waals surface area contributed by atoms with Gasteiger partial charge in [0.2, 0.25) is 0 Å². The second kappa shape index (κ2) is 7.92. The van der Waals surface area contributed by atoms with Crippen molar-refractivity contribution in [3.05, 3.63) is 12.7 Å². The molecule has 0 heterocycles. The average molecular weight is 302 g/mol. The minimum atomic E-state index is -2.71. The van der Waals surface area contributed by atoms with Gasteiger partial charge in [0.25, 0.3) is 0 Å². The molecule has 1 fully saturated rings. The van der Waals surface area contributed by atoms with Gasteiger partial charge in [0.15, 0.2) is 0 Å². The quantitative estimate of drug-likeness (QED) is 0.334. The van der Waals surface area contributed by atoms with Crippen LogP contribution < -0.4 is 0 Å². The van der Waals surface area contributed by atoms with Crippen LogP contribution >= 0.6 is 0 Å². The lowest BCUT2D eigenvalue weighted by molar-refractivity contribution is -0.138. The van der Waals surface area contributed by atoms with Crippen LogP contribution in [0.25, 0.3) is 0 Å². The topological polar surface area (TPSA) is 54.0 Å². The summed E-state index contributed by atoms with van der Waals surface area (Å²) in [6.07, 6.45) is 3.91. The van der Waals surface area contributed by atoms with Gasteiger partial charge in [-0.3, -0.25) is 0 Å². The summed E-state index contributed by atoms with van der Waals surface area (Å²) in [5, 5.41) is -0.0868. The number of hydrogen-bond acceptors (Lipinski definition) is 5. The van der Waals surface area contributed by atoms with E-state index in [9.17, 15) is 4.79 Å². The zero-order valence-corrected chi connectivity index (χ0v) is 13.8. The second-order valence-corrected chi connectivity index (χ2v) is 7.80. The van der Waals surface area contributed by atoms with Gasteiger partial charge in [-0.05, 0) is 40.0 Å². The van der Waals surface area contributed by atoms with Crippen molar-refractivity contribution in [2.24, 2.45) is 0 Å². The first-order chi connectivity index (χ1) is 9.59. The smallest absolute Gasteiger partial charge is 0.463 e. The van der Waals surface area contributed by atoms with E-state index in [0.717, 1.165) is 19.3 Å². The molecule has 0 spiro atoms. The molecule has 6 heteroatoms. The SMILES string of the molecule is C=CC(=O)OCCC1([Si](OCC)(OCC)OCC)CC1. The van der Waals surface area contributed by atoms with Crippen molar-refractivity contribution in [3.63, 3.8) is 0 Å². The van der Waals surface area contributed by atoms with Crippen molar-refractivity contribution in [1.82, 2.24) is 0 Å². The Morgan fingerprint density at radius 3 is 2.00 bits per heavy atom.